The van der Waals surface area contributed by atoms with Crippen LogP contribution in [0, 0.1) is 5.92 Å². The molecule has 1 heterocycles. The highest BCUT2D eigenvalue weighted by Crippen LogP contribution is 2.36. The van der Waals surface area contributed by atoms with Gasteiger partial charge in [-0.05, 0) is 43.7 Å². The van der Waals surface area contributed by atoms with Crippen molar-refractivity contribution in [2.24, 2.45) is 5.92 Å². The number of nitrogens with zero attached hydrogens (tertiary/aromatic N) is 1. The molecule has 1 saturated carbocycles. The van der Waals surface area contributed by atoms with Crippen molar-refractivity contribution in [3.05, 3.63) is 35.9 Å². The Morgan fingerprint density at radius 1 is 1.05 bits per heavy atom. The largest absolute Gasteiger partial charge is 0.311 e. The molecule has 3 rings (SSSR count). The third-order valence-electron chi connectivity index (χ3n) is 4.86. The predicted octanol–water partition coefficient (Wildman–Crippen LogP) is 3.04. The van der Waals surface area contributed by atoms with Crippen molar-refractivity contribution in [3.63, 3.8) is 0 Å². The number of benzene rings is 1. The van der Waals surface area contributed by atoms with Gasteiger partial charge >= 0.3 is 0 Å². The van der Waals surface area contributed by atoms with Crippen LogP contribution in [-0.4, -0.2) is 30.6 Å². The second kappa shape index (κ2) is 6.53. The van der Waals surface area contributed by atoms with Crippen LogP contribution in [0.2, 0.25) is 0 Å². The molecule has 2 fully saturated rings. The normalized spacial score (nSPS) is 27.4. The van der Waals surface area contributed by atoms with E-state index in [0.717, 1.165) is 25.0 Å². The molecular formula is C17H26N2. The summed E-state index contributed by atoms with van der Waals surface area (Å²) in [7, 11) is 0. The van der Waals surface area contributed by atoms with E-state index in [1.165, 1.54) is 50.8 Å². The lowest BCUT2D eigenvalue weighted by atomic mass is 9.92. The lowest BCUT2D eigenvalue weighted by molar-refractivity contribution is 0.114. The molecule has 0 bridgehead atoms. The smallest absolute Gasteiger partial charge is 0.0206 e. The summed E-state index contributed by atoms with van der Waals surface area (Å²) in [6, 6.07) is 11.6. The molecule has 1 aliphatic carbocycles. The van der Waals surface area contributed by atoms with E-state index in [0.29, 0.717) is 0 Å². The minimum absolute atomic E-state index is 0.910. The van der Waals surface area contributed by atoms with Crippen molar-refractivity contribution in [1.82, 2.24) is 10.2 Å². The van der Waals surface area contributed by atoms with Crippen molar-refractivity contribution in [3.8, 4) is 0 Å². The van der Waals surface area contributed by atoms with Crippen LogP contribution in [0.25, 0.3) is 0 Å². The highest BCUT2D eigenvalue weighted by Gasteiger charge is 2.34. The fraction of sp³-hybridized carbons (Fsp3) is 0.647. The van der Waals surface area contributed by atoms with Crippen LogP contribution in [0.5, 0.6) is 0 Å². The number of hydrogen-bond acceptors (Lipinski definition) is 2. The molecule has 19 heavy (non-hydrogen) atoms. The molecule has 2 aliphatic rings. The van der Waals surface area contributed by atoms with E-state index in [1.807, 2.05) is 0 Å². The van der Waals surface area contributed by atoms with Crippen LogP contribution >= 0.6 is 0 Å². The predicted molar refractivity (Wildman–Crippen MR) is 80.1 cm³/mol. The van der Waals surface area contributed by atoms with Crippen LogP contribution in [-0.2, 0) is 6.54 Å². The van der Waals surface area contributed by atoms with Gasteiger partial charge in [-0.25, -0.2) is 0 Å². The van der Waals surface area contributed by atoms with Crippen LogP contribution < -0.4 is 5.32 Å². The third-order valence-corrected chi connectivity index (χ3v) is 4.86. The minimum Gasteiger partial charge on any atom is -0.311 e. The molecule has 0 spiro atoms. The standard InChI is InChI=1S/C17H26N2/c1-2-6-15(7-3-1)14-18-11-13-19-12-5-9-16-8-4-10-17(16)19/h1-3,6-7,16-18H,4-5,8-14H2/t16-,17+/m0/s1. The van der Waals surface area contributed by atoms with Crippen molar-refractivity contribution in [1.29, 1.82) is 0 Å². The molecule has 0 amide bonds. The number of likely N-dealkylation sites (tertiary alicyclic amines) is 1. The second-order valence-corrected chi connectivity index (χ2v) is 6.10. The Bertz CT molecular complexity index is 376. The Morgan fingerprint density at radius 3 is 2.79 bits per heavy atom. The van der Waals surface area contributed by atoms with Gasteiger partial charge in [0.2, 0.25) is 0 Å². The van der Waals surface area contributed by atoms with Gasteiger partial charge in [-0.15, -0.1) is 0 Å². The molecule has 0 aromatic heterocycles. The zero-order chi connectivity index (χ0) is 12.9. The maximum Gasteiger partial charge on any atom is 0.0206 e. The molecule has 0 radical (unpaired) electrons. The highest BCUT2D eigenvalue weighted by molar-refractivity contribution is 5.14. The van der Waals surface area contributed by atoms with Gasteiger partial charge < -0.3 is 5.32 Å². The van der Waals surface area contributed by atoms with E-state index >= 15 is 0 Å². The molecule has 1 aromatic rings. The Hall–Kier alpha value is -0.860. The molecule has 1 aromatic carbocycles. The topological polar surface area (TPSA) is 15.3 Å². The zero-order valence-corrected chi connectivity index (χ0v) is 11.9. The fourth-order valence-electron chi connectivity index (χ4n) is 3.89. The third kappa shape index (κ3) is 3.37. The molecule has 2 nitrogen and oxygen atoms in total. The Morgan fingerprint density at radius 2 is 1.89 bits per heavy atom. The maximum atomic E-state index is 3.59. The van der Waals surface area contributed by atoms with Crippen molar-refractivity contribution >= 4 is 0 Å². The summed E-state index contributed by atoms with van der Waals surface area (Å²) in [5.74, 6) is 1.02. The van der Waals surface area contributed by atoms with Gasteiger partial charge in [0.1, 0.15) is 0 Å². The van der Waals surface area contributed by atoms with Gasteiger partial charge in [-0.1, -0.05) is 36.8 Å². The SMILES string of the molecule is c1ccc(CNCCN2CCC[C@@H]3CCC[C@H]32)cc1. The number of rotatable bonds is 5. The van der Waals surface area contributed by atoms with E-state index in [9.17, 15) is 0 Å². The summed E-state index contributed by atoms with van der Waals surface area (Å²) in [4.78, 5) is 2.75. The van der Waals surface area contributed by atoms with Crippen molar-refractivity contribution in [2.75, 3.05) is 19.6 Å². The van der Waals surface area contributed by atoms with Crippen LogP contribution in [0.4, 0.5) is 0 Å². The van der Waals surface area contributed by atoms with Gasteiger partial charge in [0.05, 0.1) is 0 Å². The summed E-state index contributed by atoms with van der Waals surface area (Å²) in [6.07, 6.45) is 7.30. The molecule has 2 heteroatoms. The molecule has 1 aliphatic heterocycles. The van der Waals surface area contributed by atoms with E-state index in [-0.39, 0.29) is 0 Å². The summed E-state index contributed by atoms with van der Waals surface area (Å²) in [6.45, 7) is 4.68. The van der Waals surface area contributed by atoms with Gasteiger partial charge in [-0.2, -0.15) is 0 Å². The van der Waals surface area contributed by atoms with Crippen LogP contribution in [0.15, 0.2) is 30.3 Å². The van der Waals surface area contributed by atoms with E-state index in [4.69, 9.17) is 0 Å². The van der Waals surface area contributed by atoms with Gasteiger partial charge in [0, 0.05) is 25.7 Å². The van der Waals surface area contributed by atoms with E-state index in [1.54, 1.807) is 0 Å². The number of piperidine rings is 1. The Balaban J connectivity index is 1.40. The van der Waals surface area contributed by atoms with Crippen molar-refractivity contribution < 1.29 is 0 Å². The van der Waals surface area contributed by atoms with Crippen LogP contribution in [0.1, 0.15) is 37.7 Å². The summed E-state index contributed by atoms with van der Waals surface area (Å²) >= 11 is 0. The summed E-state index contributed by atoms with van der Waals surface area (Å²) in [5.41, 5.74) is 1.39. The quantitative estimate of drug-likeness (QED) is 0.817. The van der Waals surface area contributed by atoms with Gasteiger partial charge in [0.25, 0.3) is 0 Å². The fourth-order valence-corrected chi connectivity index (χ4v) is 3.89. The monoisotopic (exact) mass is 258 g/mol. The molecule has 1 saturated heterocycles. The average molecular weight is 258 g/mol. The number of hydrogen-bond donors (Lipinski definition) is 1. The zero-order valence-electron chi connectivity index (χ0n) is 11.9. The Labute approximate surface area is 117 Å². The second-order valence-electron chi connectivity index (χ2n) is 6.10. The molecule has 1 N–H and O–H groups in total. The summed E-state index contributed by atoms with van der Waals surface area (Å²) < 4.78 is 0. The molecule has 2 atom stereocenters. The van der Waals surface area contributed by atoms with Gasteiger partial charge in [0.15, 0.2) is 0 Å². The Kier molecular flexibility index (Phi) is 4.52. The first-order valence-corrected chi connectivity index (χ1v) is 7.92. The van der Waals surface area contributed by atoms with E-state index in [2.05, 4.69) is 40.5 Å². The molecule has 0 unspecified atom stereocenters. The van der Waals surface area contributed by atoms with Gasteiger partial charge in [-0.3, -0.25) is 4.90 Å². The van der Waals surface area contributed by atoms with E-state index < -0.39 is 0 Å². The first-order valence-electron chi connectivity index (χ1n) is 7.92. The lowest BCUT2D eigenvalue weighted by Crippen LogP contribution is -2.45. The number of nitrogens with one attached hydrogen (secondary N) is 1. The lowest BCUT2D eigenvalue weighted by Gasteiger charge is -2.37. The first kappa shape index (κ1) is 13.1. The summed E-state index contributed by atoms with van der Waals surface area (Å²) in [5, 5.41) is 3.59. The van der Waals surface area contributed by atoms with Crippen LogP contribution in [0.3, 0.4) is 0 Å². The molecule has 104 valence electrons. The number of fused-ring (bicyclic) bond motifs is 1. The minimum atomic E-state index is 0.910. The maximum absolute atomic E-state index is 3.59. The molecular weight excluding hydrogens is 232 g/mol. The highest BCUT2D eigenvalue weighted by atomic mass is 15.2. The van der Waals surface area contributed by atoms with Crippen molar-refractivity contribution in [2.45, 2.75) is 44.7 Å². The average Bonchev–Trinajstić information content (AvgIpc) is 2.94. The first-order chi connectivity index (χ1) is 9.43.